The Kier molecular flexibility index (Phi) is 8.25. The van der Waals surface area contributed by atoms with E-state index in [1.54, 1.807) is 41.5 Å². The van der Waals surface area contributed by atoms with Crippen LogP contribution in [0.1, 0.15) is 41.5 Å². The van der Waals surface area contributed by atoms with E-state index in [1.807, 2.05) is 0 Å². The Labute approximate surface area is 169 Å². The number of ether oxygens (including phenoxy) is 4. The predicted octanol–water partition coefficient (Wildman–Crippen LogP) is 0.762. The van der Waals surface area contributed by atoms with Gasteiger partial charge in [0.25, 0.3) is 0 Å². The lowest BCUT2D eigenvalue weighted by Crippen LogP contribution is -2.62. The lowest BCUT2D eigenvalue weighted by Gasteiger charge is -2.42. The number of alkyl halides is 1. The maximum absolute atomic E-state index is 12.3. The van der Waals surface area contributed by atoms with Crippen LogP contribution in [0.2, 0.25) is 0 Å². The lowest BCUT2D eigenvalue weighted by molar-refractivity contribution is -0.295. The minimum absolute atomic E-state index is 0.395. The summed E-state index contributed by atoms with van der Waals surface area (Å²) < 4.78 is 20.6. The number of rotatable bonds is 5. The van der Waals surface area contributed by atoms with Crippen molar-refractivity contribution >= 4 is 29.5 Å². The van der Waals surface area contributed by atoms with E-state index in [-0.39, 0.29) is 0 Å². The molecule has 0 amide bonds. The van der Waals surface area contributed by atoms with Crippen LogP contribution in [0.3, 0.4) is 0 Å². The summed E-state index contributed by atoms with van der Waals surface area (Å²) in [7, 11) is 0. The highest BCUT2D eigenvalue weighted by atomic mass is 35.5. The first-order valence-corrected chi connectivity index (χ1v) is 9.37. The maximum atomic E-state index is 12.3. The van der Waals surface area contributed by atoms with Crippen LogP contribution in [0.25, 0.3) is 0 Å². The zero-order valence-corrected chi connectivity index (χ0v) is 17.7. The molecule has 1 fully saturated rings. The maximum Gasteiger partial charge on any atom is 0.321 e. The summed E-state index contributed by atoms with van der Waals surface area (Å²) >= 11 is 5.41. The van der Waals surface area contributed by atoms with Crippen LogP contribution >= 0.6 is 11.6 Å². The molecule has 2 unspecified atom stereocenters. The molecule has 28 heavy (non-hydrogen) atoms. The fourth-order valence-corrected chi connectivity index (χ4v) is 2.23. The molecule has 0 aromatic rings. The first-order valence-electron chi connectivity index (χ1n) is 8.84. The molecule has 5 atom stereocenters. The van der Waals surface area contributed by atoms with Gasteiger partial charge in [0.05, 0.1) is 10.8 Å². The molecule has 162 valence electrons. The Balaban J connectivity index is 3.01. The van der Waals surface area contributed by atoms with E-state index in [1.165, 1.54) is 0 Å². The van der Waals surface area contributed by atoms with Gasteiger partial charge in [-0.2, -0.15) is 0 Å². The normalized spacial score (nSPS) is 28.4. The highest BCUT2D eigenvalue weighted by Gasteiger charge is 2.50. The molecule has 1 rings (SSSR count). The molecule has 1 aliphatic heterocycles. The van der Waals surface area contributed by atoms with Crippen LogP contribution < -0.4 is 0 Å². The van der Waals surface area contributed by atoms with E-state index < -0.39 is 71.9 Å². The lowest BCUT2D eigenvalue weighted by atomic mass is 9.95. The molecule has 1 heterocycles. The summed E-state index contributed by atoms with van der Waals surface area (Å²) in [4.78, 5) is 35.8. The molecule has 0 saturated carbocycles. The van der Waals surface area contributed by atoms with Crippen molar-refractivity contribution in [3.63, 3.8) is 0 Å². The summed E-state index contributed by atoms with van der Waals surface area (Å²) in [5.74, 6) is -2.64. The van der Waals surface area contributed by atoms with Gasteiger partial charge in [-0.3, -0.25) is 14.4 Å². The third-order valence-electron chi connectivity index (χ3n) is 3.86. The zero-order chi connectivity index (χ0) is 21.9. The Morgan fingerprint density at radius 1 is 0.929 bits per heavy atom. The minimum Gasteiger partial charge on any atom is -0.462 e. The number of halogens is 1. The van der Waals surface area contributed by atoms with Gasteiger partial charge >= 0.3 is 17.9 Å². The fraction of sp³-hybridized carbons (Fsp3) is 0.833. The van der Waals surface area contributed by atoms with Crippen molar-refractivity contribution in [2.45, 2.75) is 72.2 Å². The molecular weight excluding hydrogens is 396 g/mol. The third-order valence-corrected chi connectivity index (χ3v) is 4.08. The molecular formula is C18H29ClO9. The van der Waals surface area contributed by atoms with E-state index in [0.717, 1.165) is 0 Å². The molecule has 2 N–H and O–H groups in total. The minimum atomic E-state index is -1.73. The molecule has 1 aliphatic rings. The highest BCUT2D eigenvalue weighted by Crippen LogP contribution is 2.28. The smallest absolute Gasteiger partial charge is 0.321 e. The largest absolute Gasteiger partial charge is 0.462 e. The van der Waals surface area contributed by atoms with Gasteiger partial charge in [0.1, 0.15) is 24.7 Å². The monoisotopic (exact) mass is 424 g/mol. The molecule has 0 aromatic heterocycles. The third kappa shape index (κ3) is 6.58. The van der Waals surface area contributed by atoms with Crippen molar-refractivity contribution in [3.8, 4) is 0 Å². The van der Waals surface area contributed by atoms with Crippen LogP contribution in [-0.2, 0) is 33.3 Å². The second-order valence-electron chi connectivity index (χ2n) is 8.61. The molecule has 1 saturated heterocycles. The quantitative estimate of drug-likeness (QED) is 0.373. The Bertz CT molecular complexity index is 579. The van der Waals surface area contributed by atoms with Gasteiger partial charge in [-0.1, -0.05) is 0 Å². The summed E-state index contributed by atoms with van der Waals surface area (Å²) in [6.45, 7) is 9.35. The van der Waals surface area contributed by atoms with Gasteiger partial charge in [-0.15, -0.1) is 11.6 Å². The average molecular weight is 425 g/mol. The van der Waals surface area contributed by atoms with Crippen LogP contribution in [0.4, 0.5) is 0 Å². The van der Waals surface area contributed by atoms with Gasteiger partial charge in [0.15, 0.2) is 18.5 Å². The SMILES string of the molecule is CC(C)(C)C(=O)OCC1OC(O)[C@H](OC(=O)CCl)[C@@H](OC(=O)C(C)(C)C)[C@H]1O. The van der Waals surface area contributed by atoms with Crippen molar-refractivity contribution in [1.29, 1.82) is 0 Å². The van der Waals surface area contributed by atoms with Gasteiger partial charge in [-0.25, -0.2) is 0 Å². The second-order valence-corrected chi connectivity index (χ2v) is 8.88. The number of hydrogen-bond donors (Lipinski definition) is 2. The molecule has 0 radical (unpaired) electrons. The first-order chi connectivity index (χ1) is 12.7. The summed E-state index contributed by atoms with van der Waals surface area (Å²) in [6.07, 6.45) is -7.41. The van der Waals surface area contributed by atoms with E-state index >= 15 is 0 Å². The molecule has 9 nitrogen and oxygen atoms in total. The van der Waals surface area contributed by atoms with E-state index in [4.69, 9.17) is 30.5 Å². The zero-order valence-electron chi connectivity index (χ0n) is 16.9. The highest BCUT2D eigenvalue weighted by molar-refractivity contribution is 6.26. The fourth-order valence-electron chi connectivity index (χ4n) is 2.16. The van der Waals surface area contributed by atoms with E-state index in [9.17, 15) is 24.6 Å². The number of carbonyl (C=O) groups is 3. The van der Waals surface area contributed by atoms with Crippen LogP contribution in [0, 0.1) is 10.8 Å². The Hall–Kier alpha value is -1.42. The van der Waals surface area contributed by atoms with Crippen LogP contribution in [0.15, 0.2) is 0 Å². The predicted molar refractivity (Wildman–Crippen MR) is 97.2 cm³/mol. The van der Waals surface area contributed by atoms with Crippen molar-refractivity contribution in [1.82, 2.24) is 0 Å². The molecule has 0 bridgehead atoms. The molecule has 0 aliphatic carbocycles. The Morgan fingerprint density at radius 3 is 1.93 bits per heavy atom. The van der Waals surface area contributed by atoms with Gasteiger partial charge < -0.3 is 29.2 Å². The standard InChI is InChI=1S/C18H29ClO9/c1-17(2,3)15(23)25-8-9-11(21)12(28-16(24)18(4,5)6)13(14(22)26-9)27-10(20)7-19/h9,11-14,21-22H,7-8H2,1-6H3/t9?,11-,12-,13+,14?/m0/s1. The van der Waals surface area contributed by atoms with Crippen LogP contribution in [0.5, 0.6) is 0 Å². The van der Waals surface area contributed by atoms with Crippen molar-refractivity contribution in [3.05, 3.63) is 0 Å². The molecule has 10 heteroatoms. The van der Waals surface area contributed by atoms with Crippen LogP contribution in [-0.4, -0.2) is 71.3 Å². The summed E-state index contributed by atoms with van der Waals surface area (Å²) in [6, 6.07) is 0. The van der Waals surface area contributed by atoms with Gasteiger partial charge in [0.2, 0.25) is 0 Å². The number of hydrogen-bond acceptors (Lipinski definition) is 9. The summed E-state index contributed by atoms with van der Waals surface area (Å²) in [5.41, 5.74) is -1.70. The van der Waals surface area contributed by atoms with E-state index in [2.05, 4.69) is 0 Å². The average Bonchev–Trinajstić information content (AvgIpc) is 2.57. The van der Waals surface area contributed by atoms with Gasteiger partial charge in [-0.05, 0) is 41.5 Å². The van der Waals surface area contributed by atoms with Crippen molar-refractivity contribution < 1.29 is 43.5 Å². The Morgan fingerprint density at radius 2 is 1.46 bits per heavy atom. The molecule has 0 aromatic carbocycles. The number of carbonyl (C=O) groups excluding carboxylic acids is 3. The topological polar surface area (TPSA) is 129 Å². The number of aliphatic hydroxyl groups excluding tert-OH is 2. The van der Waals surface area contributed by atoms with Crippen molar-refractivity contribution in [2.24, 2.45) is 10.8 Å². The number of esters is 3. The first kappa shape index (κ1) is 24.6. The van der Waals surface area contributed by atoms with Crippen molar-refractivity contribution in [2.75, 3.05) is 12.5 Å². The second kappa shape index (κ2) is 9.39. The molecule has 0 spiro atoms. The van der Waals surface area contributed by atoms with Gasteiger partial charge in [0, 0.05) is 0 Å². The van der Waals surface area contributed by atoms with E-state index in [0.29, 0.717) is 0 Å². The number of aliphatic hydroxyl groups is 2. The summed E-state index contributed by atoms with van der Waals surface area (Å²) in [5, 5.41) is 20.8.